The van der Waals surface area contributed by atoms with E-state index in [9.17, 15) is 4.79 Å². The lowest BCUT2D eigenvalue weighted by atomic mass is 10.1. The van der Waals surface area contributed by atoms with Crippen molar-refractivity contribution in [3.63, 3.8) is 0 Å². The van der Waals surface area contributed by atoms with Gasteiger partial charge < -0.3 is 15.4 Å². The number of amides is 1. The number of carbonyl (C=O) groups is 1. The Bertz CT molecular complexity index is 621. The van der Waals surface area contributed by atoms with E-state index in [4.69, 9.17) is 4.74 Å². The second-order valence-corrected chi connectivity index (χ2v) is 4.76. The van der Waals surface area contributed by atoms with Crippen molar-refractivity contribution in [1.82, 2.24) is 5.32 Å². The van der Waals surface area contributed by atoms with Crippen LogP contribution < -0.4 is 15.4 Å². The zero-order valence-corrected chi connectivity index (χ0v) is 12.6. The summed E-state index contributed by atoms with van der Waals surface area (Å²) < 4.78 is 5.14. The lowest BCUT2D eigenvalue weighted by molar-refractivity contribution is 0.0962. The molecule has 0 aliphatic carbocycles. The highest BCUT2D eigenvalue weighted by atomic mass is 16.5. The number of nitrogens with one attached hydrogen (secondary N) is 2. The fraction of sp³-hybridized carbons (Fsp3) is 0.235. The molecule has 2 N–H and O–H groups in total. The third kappa shape index (κ3) is 3.54. The predicted octanol–water partition coefficient (Wildman–Crippen LogP) is 2.98. The van der Waals surface area contributed by atoms with Gasteiger partial charge in [0.25, 0.3) is 5.91 Å². The Morgan fingerprint density at radius 2 is 1.86 bits per heavy atom. The SMILES string of the molecule is CNC(=O)c1cccc(NCc2ccc(OC)cc2)c1C. The molecule has 0 spiro atoms. The van der Waals surface area contributed by atoms with E-state index < -0.39 is 0 Å². The summed E-state index contributed by atoms with van der Waals surface area (Å²) in [5, 5.41) is 6.02. The van der Waals surface area contributed by atoms with Gasteiger partial charge in [-0.25, -0.2) is 0 Å². The first-order valence-electron chi connectivity index (χ1n) is 6.84. The van der Waals surface area contributed by atoms with E-state index in [-0.39, 0.29) is 5.91 Å². The molecule has 0 heterocycles. The second-order valence-electron chi connectivity index (χ2n) is 4.76. The normalized spacial score (nSPS) is 10.0. The first-order valence-corrected chi connectivity index (χ1v) is 6.84. The van der Waals surface area contributed by atoms with Crippen LogP contribution >= 0.6 is 0 Å². The molecular formula is C17H20N2O2. The van der Waals surface area contributed by atoms with Crippen LogP contribution in [0.25, 0.3) is 0 Å². The maximum Gasteiger partial charge on any atom is 0.251 e. The molecular weight excluding hydrogens is 264 g/mol. The predicted molar refractivity (Wildman–Crippen MR) is 84.9 cm³/mol. The smallest absolute Gasteiger partial charge is 0.251 e. The maximum absolute atomic E-state index is 11.8. The molecule has 0 aromatic heterocycles. The van der Waals surface area contributed by atoms with E-state index in [1.165, 1.54) is 0 Å². The first-order chi connectivity index (χ1) is 10.2. The molecule has 110 valence electrons. The summed E-state index contributed by atoms with van der Waals surface area (Å²) in [6, 6.07) is 13.6. The lowest BCUT2D eigenvalue weighted by Gasteiger charge is -2.13. The molecule has 21 heavy (non-hydrogen) atoms. The molecule has 0 bridgehead atoms. The summed E-state index contributed by atoms with van der Waals surface area (Å²) in [5.41, 5.74) is 3.76. The third-order valence-electron chi connectivity index (χ3n) is 3.45. The van der Waals surface area contributed by atoms with Crippen LogP contribution in [0.2, 0.25) is 0 Å². The minimum atomic E-state index is -0.0689. The first kappa shape index (κ1) is 14.9. The van der Waals surface area contributed by atoms with E-state index in [1.807, 2.05) is 49.4 Å². The van der Waals surface area contributed by atoms with Crippen molar-refractivity contribution in [2.24, 2.45) is 0 Å². The van der Waals surface area contributed by atoms with Crippen LogP contribution in [0.15, 0.2) is 42.5 Å². The van der Waals surface area contributed by atoms with Crippen LogP contribution in [0.3, 0.4) is 0 Å². The Balaban J connectivity index is 2.10. The van der Waals surface area contributed by atoms with Crippen LogP contribution in [0, 0.1) is 6.92 Å². The number of rotatable bonds is 5. The Kier molecular flexibility index (Phi) is 4.82. The van der Waals surface area contributed by atoms with Crippen molar-refractivity contribution in [1.29, 1.82) is 0 Å². The maximum atomic E-state index is 11.8. The number of anilines is 1. The van der Waals surface area contributed by atoms with Gasteiger partial charge in [0.2, 0.25) is 0 Å². The minimum Gasteiger partial charge on any atom is -0.497 e. The van der Waals surface area contributed by atoms with Gasteiger partial charge in [0.15, 0.2) is 0 Å². The van der Waals surface area contributed by atoms with Gasteiger partial charge in [0.1, 0.15) is 5.75 Å². The summed E-state index contributed by atoms with van der Waals surface area (Å²) in [5.74, 6) is 0.775. The van der Waals surface area contributed by atoms with Gasteiger partial charge in [-0.2, -0.15) is 0 Å². The van der Waals surface area contributed by atoms with Crippen molar-refractivity contribution in [2.75, 3.05) is 19.5 Å². The van der Waals surface area contributed by atoms with Crippen LogP contribution in [-0.4, -0.2) is 20.1 Å². The Hall–Kier alpha value is -2.49. The number of carbonyl (C=O) groups excluding carboxylic acids is 1. The van der Waals surface area contributed by atoms with Gasteiger partial charge in [0.05, 0.1) is 7.11 Å². The van der Waals surface area contributed by atoms with Gasteiger partial charge in [-0.05, 0) is 42.3 Å². The molecule has 0 atom stereocenters. The summed E-state index contributed by atoms with van der Waals surface area (Å²) in [6.07, 6.45) is 0. The van der Waals surface area contributed by atoms with Crippen molar-refractivity contribution < 1.29 is 9.53 Å². The monoisotopic (exact) mass is 284 g/mol. The van der Waals surface area contributed by atoms with Crippen LogP contribution in [0.1, 0.15) is 21.5 Å². The zero-order chi connectivity index (χ0) is 15.2. The number of methoxy groups -OCH3 is 1. The highest BCUT2D eigenvalue weighted by molar-refractivity contribution is 5.96. The zero-order valence-electron chi connectivity index (χ0n) is 12.6. The van der Waals surface area contributed by atoms with Crippen molar-refractivity contribution in [2.45, 2.75) is 13.5 Å². The highest BCUT2D eigenvalue weighted by Crippen LogP contribution is 2.20. The lowest BCUT2D eigenvalue weighted by Crippen LogP contribution is -2.19. The summed E-state index contributed by atoms with van der Waals surface area (Å²) in [6.45, 7) is 2.64. The molecule has 2 aromatic rings. The standard InChI is InChI=1S/C17H20N2O2/c1-12-15(17(20)18-2)5-4-6-16(12)19-11-13-7-9-14(21-3)10-8-13/h4-10,19H,11H2,1-3H3,(H,18,20). The van der Waals surface area contributed by atoms with E-state index in [2.05, 4.69) is 10.6 Å². The van der Waals surface area contributed by atoms with E-state index in [0.717, 1.165) is 22.6 Å². The van der Waals surface area contributed by atoms with Crippen LogP contribution in [0.5, 0.6) is 5.75 Å². The van der Waals surface area contributed by atoms with Gasteiger partial charge in [-0.3, -0.25) is 4.79 Å². The molecule has 0 unspecified atom stereocenters. The average Bonchev–Trinajstić information content (AvgIpc) is 2.53. The van der Waals surface area contributed by atoms with Gasteiger partial charge >= 0.3 is 0 Å². The van der Waals surface area contributed by atoms with E-state index >= 15 is 0 Å². The topological polar surface area (TPSA) is 50.4 Å². The van der Waals surface area contributed by atoms with Gasteiger partial charge in [-0.15, -0.1) is 0 Å². The molecule has 0 fully saturated rings. The van der Waals surface area contributed by atoms with E-state index in [0.29, 0.717) is 12.1 Å². The van der Waals surface area contributed by atoms with Crippen molar-refractivity contribution in [3.05, 3.63) is 59.2 Å². The van der Waals surface area contributed by atoms with Crippen molar-refractivity contribution >= 4 is 11.6 Å². The highest BCUT2D eigenvalue weighted by Gasteiger charge is 2.09. The number of hydrogen-bond donors (Lipinski definition) is 2. The van der Waals surface area contributed by atoms with E-state index in [1.54, 1.807) is 14.2 Å². The molecule has 0 saturated carbocycles. The summed E-state index contributed by atoms with van der Waals surface area (Å²) in [4.78, 5) is 11.8. The fourth-order valence-electron chi connectivity index (χ4n) is 2.15. The summed E-state index contributed by atoms with van der Waals surface area (Å²) in [7, 11) is 3.29. The molecule has 0 saturated heterocycles. The van der Waals surface area contributed by atoms with Gasteiger partial charge in [-0.1, -0.05) is 18.2 Å². The largest absolute Gasteiger partial charge is 0.497 e. The second kappa shape index (κ2) is 6.79. The molecule has 1 amide bonds. The Morgan fingerprint density at radius 3 is 2.48 bits per heavy atom. The minimum absolute atomic E-state index is 0.0689. The fourth-order valence-corrected chi connectivity index (χ4v) is 2.15. The quantitative estimate of drug-likeness (QED) is 0.887. The Labute approximate surface area is 125 Å². The molecule has 2 aromatic carbocycles. The Morgan fingerprint density at radius 1 is 1.14 bits per heavy atom. The molecule has 4 heteroatoms. The molecule has 4 nitrogen and oxygen atoms in total. The number of ether oxygens (including phenoxy) is 1. The number of benzene rings is 2. The molecule has 0 aliphatic rings. The van der Waals surface area contributed by atoms with Crippen molar-refractivity contribution in [3.8, 4) is 5.75 Å². The number of hydrogen-bond acceptors (Lipinski definition) is 3. The summed E-state index contributed by atoms with van der Waals surface area (Å²) >= 11 is 0. The van der Waals surface area contributed by atoms with Crippen LogP contribution in [0.4, 0.5) is 5.69 Å². The molecule has 0 radical (unpaired) electrons. The average molecular weight is 284 g/mol. The third-order valence-corrected chi connectivity index (χ3v) is 3.45. The molecule has 2 rings (SSSR count). The molecule has 0 aliphatic heterocycles. The van der Waals surface area contributed by atoms with Gasteiger partial charge in [0, 0.05) is 24.8 Å². The van der Waals surface area contributed by atoms with Crippen LogP contribution in [-0.2, 0) is 6.54 Å².